The maximum atomic E-state index is 12.6. The molecule has 0 spiro atoms. The zero-order valence-electron chi connectivity index (χ0n) is 7.72. The molecule has 0 aliphatic carbocycles. The molecule has 3 heteroatoms. The molecule has 0 aromatic carbocycles. The summed E-state index contributed by atoms with van der Waals surface area (Å²) in [5.41, 5.74) is 1.32. The fourth-order valence-corrected chi connectivity index (χ4v) is 3.09. The Bertz CT molecular complexity index is 284. The van der Waals surface area contributed by atoms with E-state index in [0.717, 1.165) is 13.1 Å². The molecule has 1 aromatic heterocycles. The van der Waals surface area contributed by atoms with Crippen molar-refractivity contribution in [2.24, 2.45) is 5.92 Å². The van der Waals surface area contributed by atoms with Crippen LogP contribution in [0.15, 0.2) is 11.4 Å². The van der Waals surface area contributed by atoms with E-state index in [0.29, 0.717) is 5.92 Å². The Balaban J connectivity index is 2.20. The smallest absolute Gasteiger partial charge is 0.0941 e. The predicted molar refractivity (Wildman–Crippen MR) is 54.1 cm³/mol. The van der Waals surface area contributed by atoms with E-state index >= 15 is 0 Å². The van der Waals surface area contributed by atoms with Crippen LogP contribution < -0.4 is 5.32 Å². The van der Waals surface area contributed by atoms with Gasteiger partial charge in [0.15, 0.2) is 0 Å². The van der Waals surface area contributed by atoms with Crippen LogP contribution >= 0.6 is 11.3 Å². The number of alkyl halides is 1. The molecule has 1 nitrogen and oxygen atoms in total. The van der Waals surface area contributed by atoms with Gasteiger partial charge in [0.1, 0.15) is 0 Å². The summed E-state index contributed by atoms with van der Waals surface area (Å²) in [6.45, 7) is 3.68. The van der Waals surface area contributed by atoms with Crippen molar-refractivity contribution in [2.75, 3.05) is 19.8 Å². The molecular formula is C10H14FNS. The van der Waals surface area contributed by atoms with E-state index in [9.17, 15) is 4.39 Å². The van der Waals surface area contributed by atoms with Crippen molar-refractivity contribution in [3.63, 3.8) is 0 Å². The van der Waals surface area contributed by atoms with E-state index < -0.39 is 0 Å². The maximum Gasteiger partial charge on any atom is 0.0941 e. The Hall–Kier alpha value is -0.410. The highest BCUT2D eigenvalue weighted by Gasteiger charge is 2.29. The Kier molecular flexibility index (Phi) is 2.65. The Labute approximate surface area is 82.0 Å². The minimum Gasteiger partial charge on any atom is -0.316 e. The fourth-order valence-electron chi connectivity index (χ4n) is 1.97. The lowest BCUT2D eigenvalue weighted by Gasteiger charge is -2.14. The third-order valence-electron chi connectivity index (χ3n) is 2.78. The van der Waals surface area contributed by atoms with Gasteiger partial charge in [-0.25, -0.2) is 0 Å². The molecule has 0 unspecified atom stereocenters. The number of hydrogen-bond donors (Lipinski definition) is 1. The van der Waals surface area contributed by atoms with Crippen molar-refractivity contribution >= 4 is 11.3 Å². The highest BCUT2D eigenvalue weighted by Crippen LogP contribution is 2.33. The van der Waals surface area contributed by atoms with Gasteiger partial charge in [0.05, 0.1) is 6.67 Å². The highest BCUT2D eigenvalue weighted by atomic mass is 32.1. The molecule has 1 aliphatic rings. The largest absolute Gasteiger partial charge is 0.316 e. The second kappa shape index (κ2) is 3.76. The Morgan fingerprint density at radius 1 is 1.62 bits per heavy atom. The first-order valence-electron chi connectivity index (χ1n) is 4.63. The first-order chi connectivity index (χ1) is 6.33. The third-order valence-corrected chi connectivity index (χ3v) is 3.93. The van der Waals surface area contributed by atoms with Gasteiger partial charge in [-0.1, -0.05) is 0 Å². The molecule has 0 radical (unpaired) electrons. The van der Waals surface area contributed by atoms with Crippen LogP contribution in [0.1, 0.15) is 16.4 Å². The first kappa shape index (κ1) is 9.16. The van der Waals surface area contributed by atoms with Crippen LogP contribution in [0.25, 0.3) is 0 Å². The number of thiophene rings is 1. The number of halogens is 1. The number of aryl methyl sites for hydroxylation is 1. The monoisotopic (exact) mass is 199 g/mol. The Morgan fingerprint density at radius 3 is 3.08 bits per heavy atom. The van der Waals surface area contributed by atoms with Gasteiger partial charge in [-0.2, -0.15) is 0 Å². The van der Waals surface area contributed by atoms with E-state index in [4.69, 9.17) is 0 Å². The molecule has 1 aromatic rings. The van der Waals surface area contributed by atoms with E-state index in [2.05, 4.69) is 23.7 Å². The molecule has 1 aliphatic heterocycles. The van der Waals surface area contributed by atoms with Gasteiger partial charge in [-0.05, 0) is 23.9 Å². The van der Waals surface area contributed by atoms with Crippen LogP contribution in [0, 0.1) is 12.8 Å². The molecule has 0 amide bonds. The molecule has 2 rings (SSSR count). The van der Waals surface area contributed by atoms with Crippen LogP contribution in [0.4, 0.5) is 4.39 Å². The second-order valence-electron chi connectivity index (χ2n) is 3.65. The zero-order chi connectivity index (χ0) is 9.26. The first-order valence-corrected chi connectivity index (χ1v) is 5.51. The predicted octanol–water partition coefficient (Wildman–Crippen LogP) is 2.33. The summed E-state index contributed by atoms with van der Waals surface area (Å²) >= 11 is 1.76. The van der Waals surface area contributed by atoms with Crippen LogP contribution in [-0.2, 0) is 0 Å². The summed E-state index contributed by atoms with van der Waals surface area (Å²) in [5.74, 6) is 0.599. The highest BCUT2D eigenvalue weighted by molar-refractivity contribution is 7.10. The van der Waals surface area contributed by atoms with Crippen molar-refractivity contribution < 1.29 is 4.39 Å². The molecule has 0 bridgehead atoms. The normalized spacial score (nSPS) is 28.2. The maximum absolute atomic E-state index is 12.6. The fraction of sp³-hybridized carbons (Fsp3) is 0.600. The lowest BCUT2D eigenvalue weighted by Crippen LogP contribution is -2.12. The van der Waals surface area contributed by atoms with Gasteiger partial charge in [0.25, 0.3) is 0 Å². The van der Waals surface area contributed by atoms with E-state index in [1.807, 2.05) is 0 Å². The molecule has 2 heterocycles. The Morgan fingerprint density at radius 2 is 2.46 bits per heavy atom. The minimum absolute atomic E-state index is 0.192. The van der Waals surface area contributed by atoms with Crippen molar-refractivity contribution in [2.45, 2.75) is 12.8 Å². The third kappa shape index (κ3) is 1.63. The lowest BCUT2D eigenvalue weighted by atomic mass is 9.94. The number of hydrogen-bond acceptors (Lipinski definition) is 2. The molecule has 0 saturated carbocycles. The van der Waals surface area contributed by atoms with E-state index in [-0.39, 0.29) is 12.6 Å². The van der Waals surface area contributed by atoms with Crippen LogP contribution in [0.3, 0.4) is 0 Å². The van der Waals surface area contributed by atoms with Crippen molar-refractivity contribution in [1.82, 2.24) is 5.32 Å². The molecule has 1 fully saturated rings. The SMILES string of the molecule is Cc1ccsc1[C@H]1CNC[C@H]1CF. The molecule has 2 atom stereocenters. The van der Waals surface area contributed by atoms with Gasteiger partial charge in [-0.15, -0.1) is 11.3 Å². The van der Waals surface area contributed by atoms with E-state index in [1.54, 1.807) is 11.3 Å². The average Bonchev–Trinajstić information content (AvgIpc) is 2.71. The van der Waals surface area contributed by atoms with Gasteiger partial charge in [0, 0.05) is 29.8 Å². The second-order valence-corrected chi connectivity index (χ2v) is 4.59. The van der Waals surface area contributed by atoms with Gasteiger partial charge < -0.3 is 5.32 Å². The zero-order valence-corrected chi connectivity index (χ0v) is 8.53. The molecule has 13 heavy (non-hydrogen) atoms. The van der Waals surface area contributed by atoms with Gasteiger partial charge >= 0.3 is 0 Å². The van der Waals surface area contributed by atoms with Gasteiger partial charge in [-0.3, -0.25) is 4.39 Å². The number of nitrogens with one attached hydrogen (secondary N) is 1. The van der Waals surface area contributed by atoms with Crippen LogP contribution in [0.5, 0.6) is 0 Å². The summed E-state index contributed by atoms with van der Waals surface area (Å²) in [5, 5.41) is 5.35. The van der Waals surface area contributed by atoms with Crippen molar-refractivity contribution in [3.05, 3.63) is 21.9 Å². The van der Waals surface area contributed by atoms with E-state index in [1.165, 1.54) is 10.4 Å². The summed E-state index contributed by atoms with van der Waals surface area (Å²) in [4.78, 5) is 1.37. The van der Waals surface area contributed by atoms with Gasteiger partial charge in [0.2, 0.25) is 0 Å². The molecular weight excluding hydrogens is 185 g/mol. The minimum atomic E-state index is -0.199. The molecule has 1 saturated heterocycles. The summed E-state index contributed by atoms with van der Waals surface area (Å²) < 4.78 is 12.6. The topological polar surface area (TPSA) is 12.0 Å². The summed E-state index contributed by atoms with van der Waals surface area (Å²) in [7, 11) is 0. The average molecular weight is 199 g/mol. The lowest BCUT2D eigenvalue weighted by molar-refractivity contribution is 0.360. The summed E-state index contributed by atoms with van der Waals surface area (Å²) in [6.07, 6.45) is 0. The van der Waals surface area contributed by atoms with Crippen molar-refractivity contribution in [3.8, 4) is 0 Å². The molecule has 72 valence electrons. The number of rotatable bonds is 2. The standard InChI is InChI=1S/C10H14FNS/c1-7-2-3-13-10(7)9-6-12-5-8(9)4-11/h2-3,8-9,12H,4-6H2,1H3/t8-,9+/m1/s1. The van der Waals surface area contributed by atoms with Crippen molar-refractivity contribution in [1.29, 1.82) is 0 Å². The quantitative estimate of drug-likeness (QED) is 0.771. The van der Waals surface area contributed by atoms with Crippen LogP contribution in [-0.4, -0.2) is 19.8 Å². The summed E-state index contributed by atoms with van der Waals surface area (Å²) in [6, 6.07) is 2.12. The van der Waals surface area contributed by atoms with Crippen LogP contribution in [0.2, 0.25) is 0 Å². The molecule has 1 N–H and O–H groups in total.